The van der Waals surface area contributed by atoms with Crippen LogP contribution in [0.5, 0.6) is 5.75 Å². The van der Waals surface area contributed by atoms with E-state index in [2.05, 4.69) is 9.98 Å². The van der Waals surface area contributed by atoms with Gasteiger partial charge in [0.05, 0.1) is 12.8 Å². The number of ether oxygens (including phenoxy) is 1. The Balaban J connectivity index is 2.13. The molecular formula is C15H17N3O. The summed E-state index contributed by atoms with van der Waals surface area (Å²) in [6.45, 7) is 0. The SMILES string of the molecule is COc1cccc(/N=C/c2ccc(N(C)C)nc2)c1. The lowest BCUT2D eigenvalue weighted by atomic mass is 10.3. The van der Waals surface area contributed by atoms with Crippen LogP contribution in [0.1, 0.15) is 5.56 Å². The maximum Gasteiger partial charge on any atom is 0.127 e. The van der Waals surface area contributed by atoms with E-state index in [0.717, 1.165) is 22.8 Å². The first-order chi connectivity index (χ1) is 9.19. The Morgan fingerprint density at radius 3 is 2.68 bits per heavy atom. The van der Waals surface area contributed by atoms with Crippen molar-refractivity contribution >= 4 is 17.7 Å². The van der Waals surface area contributed by atoms with Gasteiger partial charge >= 0.3 is 0 Å². The van der Waals surface area contributed by atoms with E-state index in [1.54, 1.807) is 19.5 Å². The fourth-order valence-electron chi connectivity index (χ4n) is 1.58. The van der Waals surface area contributed by atoms with Crippen molar-refractivity contribution in [3.63, 3.8) is 0 Å². The van der Waals surface area contributed by atoms with Crippen molar-refractivity contribution in [1.82, 2.24) is 4.98 Å². The lowest BCUT2D eigenvalue weighted by Gasteiger charge is -2.10. The first-order valence-corrected chi connectivity index (χ1v) is 6.00. The van der Waals surface area contributed by atoms with Crippen LogP contribution >= 0.6 is 0 Å². The van der Waals surface area contributed by atoms with Crippen molar-refractivity contribution in [1.29, 1.82) is 0 Å². The summed E-state index contributed by atoms with van der Waals surface area (Å²) in [5, 5.41) is 0. The minimum Gasteiger partial charge on any atom is -0.497 e. The molecule has 0 aliphatic carbocycles. The second-order valence-corrected chi connectivity index (χ2v) is 4.30. The van der Waals surface area contributed by atoms with Crippen LogP contribution in [0.4, 0.5) is 11.5 Å². The highest BCUT2D eigenvalue weighted by Crippen LogP contribution is 2.19. The molecule has 0 amide bonds. The molecule has 1 aromatic carbocycles. The number of hydrogen-bond donors (Lipinski definition) is 0. The summed E-state index contributed by atoms with van der Waals surface area (Å²) in [5.74, 6) is 1.73. The van der Waals surface area contributed by atoms with Gasteiger partial charge in [-0.1, -0.05) is 6.07 Å². The number of aromatic nitrogens is 1. The molecule has 1 aromatic heterocycles. The molecule has 2 aromatic rings. The van der Waals surface area contributed by atoms with E-state index in [1.165, 1.54) is 0 Å². The van der Waals surface area contributed by atoms with E-state index in [9.17, 15) is 0 Å². The van der Waals surface area contributed by atoms with Gasteiger partial charge in [0, 0.05) is 38.1 Å². The largest absolute Gasteiger partial charge is 0.497 e. The van der Waals surface area contributed by atoms with E-state index < -0.39 is 0 Å². The van der Waals surface area contributed by atoms with Gasteiger partial charge < -0.3 is 9.64 Å². The first-order valence-electron chi connectivity index (χ1n) is 6.00. The predicted octanol–water partition coefficient (Wildman–Crippen LogP) is 2.91. The Kier molecular flexibility index (Phi) is 4.13. The summed E-state index contributed by atoms with van der Waals surface area (Å²) in [6, 6.07) is 11.6. The summed E-state index contributed by atoms with van der Waals surface area (Å²) in [6.07, 6.45) is 3.60. The maximum atomic E-state index is 5.16. The summed E-state index contributed by atoms with van der Waals surface area (Å²) >= 11 is 0. The average Bonchev–Trinajstić information content (AvgIpc) is 2.46. The fraction of sp³-hybridized carbons (Fsp3) is 0.200. The second-order valence-electron chi connectivity index (χ2n) is 4.30. The zero-order chi connectivity index (χ0) is 13.7. The van der Waals surface area contributed by atoms with Crippen molar-refractivity contribution in [2.24, 2.45) is 4.99 Å². The van der Waals surface area contributed by atoms with Gasteiger partial charge in [-0.05, 0) is 24.3 Å². The molecule has 0 spiro atoms. The molecule has 2 rings (SSSR count). The normalized spacial score (nSPS) is 10.7. The van der Waals surface area contributed by atoms with Crippen LogP contribution in [-0.4, -0.2) is 32.4 Å². The molecule has 0 N–H and O–H groups in total. The van der Waals surface area contributed by atoms with Gasteiger partial charge in [0.2, 0.25) is 0 Å². The minimum absolute atomic E-state index is 0.802. The number of pyridine rings is 1. The van der Waals surface area contributed by atoms with Gasteiger partial charge in [0.15, 0.2) is 0 Å². The molecule has 0 saturated heterocycles. The Hall–Kier alpha value is -2.36. The van der Waals surface area contributed by atoms with Crippen molar-refractivity contribution in [3.8, 4) is 5.75 Å². The van der Waals surface area contributed by atoms with Gasteiger partial charge in [-0.3, -0.25) is 4.99 Å². The molecule has 4 heteroatoms. The Bertz CT molecular complexity index is 562. The average molecular weight is 255 g/mol. The van der Waals surface area contributed by atoms with Crippen LogP contribution in [0.15, 0.2) is 47.6 Å². The smallest absolute Gasteiger partial charge is 0.127 e. The van der Waals surface area contributed by atoms with E-state index in [0.29, 0.717) is 0 Å². The molecule has 0 radical (unpaired) electrons. The maximum absolute atomic E-state index is 5.16. The van der Waals surface area contributed by atoms with E-state index in [1.807, 2.05) is 55.4 Å². The number of anilines is 1. The van der Waals surface area contributed by atoms with Gasteiger partial charge in [-0.15, -0.1) is 0 Å². The highest BCUT2D eigenvalue weighted by molar-refractivity contribution is 5.81. The monoisotopic (exact) mass is 255 g/mol. The third-order valence-electron chi connectivity index (χ3n) is 2.64. The number of hydrogen-bond acceptors (Lipinski definition) is 4. The number of methoxy groups -OCH3 is 1. The molecule has 1 heterocycles. The Morgan fingerprint density at radius 1 is 1.21 bits per heavy atom. The molecule has 98 valence electrons. The summed E-state index contributed by atoms with van der Waals surface area (Å²) in [4.78, 5) is 10.7. The highest BCUT2D eigenvalue weighted by Gasteiger charge is 1.96. The van der Waals surface area contributed by atoms with Crippen LogP contribution in [0.3, 0.4) is 0 Å². The number of aliphatic imine (C=N–C) groups is 1. The van der Waals surface area contributed by atoms with Gasteiger partial charge in [-0.25, -0.2) is 4.98 Å². The number of rotatable bonds is 4. The first kappa shape index (κ1) is 13.1. The number of benzene rings is 1. The summed E-state index contributed by atoms with van der Waals surface area (Å²) in [7, 11) is 5.57. The van der Waals surface area contributed by atoms with Gasteiger partial charge in [-0.2, -0.15) is 0 Å². The van der Waals surface area contributed by atoms with E-state index in [4.69, 9.17) is 4.74 Å². The topological polar surface area (TPSA) is 37.7 Å². The predicted molar refractivity (Wildman–Crippen MR) is 78.8 cm³/mol. The molecule has 19 heavy (non-hydrogen) atoms. The molecule has 0 bridgehead atoms. The van der Waals surface area contributed by atoms with Crippen molar-refractivity contribution < 1.29 is 4.74 Å². The lowest BCUT2D eigenvalue weighted by Crippen LogP contribution is -2.10. The fourth-order valence-corrected chi connectivity index (χ4v) is 1.58. The molecule has 0 fully saturated rings. The molecule has 0 aliphatic heterocycles. The second kappa shape index (κ2) is 6.00. The van der Waals surface area contributed by atoms with Crippen molar-refractivity contribution in [2.75, 3.05) is 26.1 Å². The molecule has 0 atom stereocenters. The Labute approximate surface area is 113 Å². The molecule has 0 aliphatic rings. The van der Waals surface area contributed by atoms with Crippen molar-refractivity contribution in [2.45, 2.75) is 0 Å². The quantitative estimate of drug-likeness (QED) is 0.788. The number of nitrogens with zero attached hydrogens (tertiary/aromatic N) is 3. The minimum atomic E-state index is 0.802. The van der Waals surface area contributed by atoms with Crippen LogP contribution in [0.25, 0.3) is 0 Å². The standard InChI is InChI=1S/C15H17N3O/c1-18(2)15-8-7-12(11-17-15)10-16-13-5-4-6-14(9-13)19-3/h4-11H,1-3H3/b16-10+. The van der Waals surface area contributed by atoms with E-state index in [-0.39, 0.29) is 0 Å². The zero-order valence-corrected chi connectivity index (χ0v) is 11.4. The zero-order valence-electron chi connectivity index (χ0n) is 11.4. The third-order valence-corrected chi connectivity index (χ3v) is 2.64. The van der Waals surface area contributed by atoms with Crippen molar-refractivity contribution in [3.05, 3.63) is 48.2 Å². The Morgan fingerprint density at radius 2 is 2.05 bits per heavy atom. The highest BCUT2D eigenvalue weighted by atomic mass is 16.5. The summed E-state index contributed by atoms with van der Waals surface area (Å²) in [5.41, 5.74) is 1.82. The van der Waals surface area contributed by atoms with Crippen LogP contribution in [-0.2, 0) is 0 Å². The van der Waals surface area contributed by atoms with Gasteiger partial charge in [0.25, 0.3) is 0 Å². The van der Waals surface area contributed by atoms with Gasteiger partial charge in [0.1, 0.15) is 11.6 Å². The molecule has 0 saturated carbocycles. The molecular weight excluding hydrogens is 238 g/mol. The third kappa shape index (κ3) is 3.55. The lowest BCUT2D eigenvalue weighted by molar-refractivity contribution is 0.415. The van der Waals surface area contributed by atoms with Crippen LogP contribution in [0, 0.1) is 0 Å². The van der Waals surface area contributed by atoms with E-state index >= 15 is 0 Å². The summed E-state index contributed by atoms with van der Waals surface area (Å²) < 4.78 is 5.16. The molecule has 0 unspecified atom stereocenters. The van der Waals surface area contributed by atoms with Crippen LogP contribution in [0.2, 0.25) is 0 Å². The van der Waals surface area contributed by atoms with Crippen LogP contribution < -0.4 is 9.64 Å². The molecule has 4 nitrogen and oxygen atoms in total.